The molecule has 1 aromatic heterocycles. The fraction of sp³-hybridized carbons (Fsp3) is 0.714. The molecular formula is C21H39N3O4Si2. The van der Waals surface area contributed by atoms with Gasteiger partial charge in [0, 0.05) is 6.20 Å². The summed E-state index contributed by atoms with van der Waals surface area (Å²) in [6.45, 7) is 26.0. The van der Waals surface area contributed by atoms with Crippen LogP contribution in [0.15, 0.2) is 29.4 Å². The summed E-state index contributed by atoms with van der Waals surface area (Å²) in [7, 11) is -4.37. The van der Waals surface area contributed by atoms with Gasteiger partial charge < -0.3 is 19.3 Å². The van der Waals surface area contributed by atoms with E-state index in [2.05, 4.69) is 79.3 Å². The predicted octanol–water partition coefficient (Wildman–Crippen LogP) is 4.65. The predicted molar refractivity (Wildman–Crippen MR) is 126 cm³/mol. The molecule has 1 saturated heterocycles. The van der Waals surface area contributed by atoms with Crippen molar-refractivity contribution in [2.75, 3.05) is 5.73 Å². The van der Waals surface area contributed by atoms with Crippen molar-refractivity contribution < 1.29 is 13.6 Å². The van der Waals surface area contributed by atoms with Crippen LogP contribution in [0.1, 0.15) is 47.8 Å². The van der Waals surface area contributed by atoms with Crippen molar-refractivity contribution in [3.8, 4) is 0 Å². The Bertz CT molecular complexity index is 853. The first kappa shape index (κ1) is 24.8. The van der Waals surface area contributed by atoms with E-state index in [0.29, 0.717) is 5.76 Å². The highest BCUT2D eigenvalue weighted by molar-refractivity contribution is 6.74. The number of rotatable bonds is 5. The highest BCUT2D eigenvalue weighted by Crippen LogP contribution is 2.46. The minimum Gasteiger partial charge on any atom is -0.469 e. The minimum atomic E-state index is -2.21. The van der Waals surface area contributed by atoms with E-state index in [4.69, 9.17) is 19.3 Å². The van der Waals surface area contributed by atoms with E-state index in [1.165, 1.54) is 4.57 Å². The quantitative estimate of drug-likeness (QED) is 0.653. The second-order valence-electron chi connectivity index (χ2n) is 11.2. The maximum absolute atomic E-state index is 12.6. The molecule has 0 spiro atoms. The van der Waals surface area contributed by atoms with Crippen LogP contribution in [0.25, 0.3) is 0 Å². The van der Waals surface area contributed by atoms with Gasteiger partial charge in [0.2, 0.25) is 6.23 Å². The molecule has 1 aliphatic heterocycles. The summed E-state index contributed by atoms with van der Waals surface area (Å²) in [6, 6.07) is 1.58. The number of nitrogens with two attached hydrogens (primary N) is 1. The fourth-order valence-corrected chi connectivity index (χ4v) is 5.25. The first-order chi connectivity index (χ1) is 13.4. The minimum absolute atomic E-state index is 0.00643. The largest absolute Gasteiger partial charge is 0.469 e. The van der Waals surface area contributed by atoms with Crippen molar-refractivity contribution >= 4 is 22.5 Å². The third kappa shape index (κ3) is 4.90. The molecule has 3 atom stereocenters. The van der Waals surface area contributed by atoms with E-state index >= 15 is 0 Å². The van der Waals surface area contributed by atoms with Crippen LogP contribution >= 0.6 is 0 Å². The lowest BCUT2D eigenvalue weighted by atomic mass is 10.2. The van der Waals surface area contributed by atoms with Gasteiger partial charge in [0.1, 0.15) is 23.8 Å². The van der Waals surface area contributed by atoms with Crippen molar-refractivity contribution in [3.05, 3.63) is 35.1 Å². The molecule has 9 heteroatoms. The van der Waals surface area contributed by atoms with Gasteiger partial charge in [-0.05, 0) is 42.3 Å². The van der Waals surface area contributed by atoms with E-state index in [0.717, 1.165) is 0 Å². The molecule has 0 unspecified atom stereocenters. The Morgan fingerprint density at radius 1 is 1.07 bits per heavy atom. The van der Waals surface area contributed by atoms with Crippen LogP contribution in [0.3, 0.4) is 0 Å². The first-order valence-corrected chi connectivity index (χ1v) is 16.2. The number of hydrogen-bond donors (Lipinski definition) is 1. The van der Waals surface area contributed by atoms with Gasteiger partial charge >= 0.3 is 5.69 Å². The summed E-state index contributed by atoms with van der Waals surface area (Å²) in [6.07, 6.45) is -0.0774. The highest BCUT2D eigenvalue weighted by Gasteiger charge is 2.52. The average molecular weight is 454 g/mol. The van der Waals surface area contributed by atoms with Crippen molar-refractivity contribution in [2.24, 2.45) is 0 Å². The monoisotopic (exact) mass is 453 g/mol. The Labute approximate surface area is 182 Å². The molecule has 2 heterocycles. The second-order valence-corrected chi connectivity index (χ2v) is 20.7. The molecule has 0 amide bonds. The number of aromatic nitrogens is 2. The summed E-state index contributed by atoms with van der Waals surface area (Å²) < 4.78 is 21.0. The van der Waals surface area contributed by atoms with Crippen LogP contribution < -0.4 is 11.4 Å². The van der Waals surface area contributed by atoms with Gasteiger partial charge in [0.25, 0.3) is 0 Å². The van der Waals surface area contributed by atoms with Crippen LogP contribution in [0.5, 0.6) is 0 Å². The van der Waals surface area contributed by atoms with Gasteiger partial charge in [-0.1, -0.05) is 48.1 Å². The second kappa shape index (κ2) is 7.92. The van der Waals surface area contributed by atoms with Crippen LogP contribution in [0, 0.1) is 0 Å². The van der Waals surface area contributed by atoms with Crippen LogP contribution in [0.4, 0.5) is 5.82 Å². The molecule has 0 saturated carbocycles. The van der Waals surface area contributed by atoms with Gasteiger partial charge in [-0.3, -0.25) is 4.57 Å². The van der Waals surface area contributed by atoms with Gasteiger partial charge in [-0.2, -0.15) is 4.98 Å². The molecule has 170 valence electrons. The van der Waals surface area contributed by atoms with Crippen molar-refractivity contribution in [1.29, 1.82) is 0 Å². The van der Waals surface area contributed by atoms with Gasteiger partial charge in [0.05, 0.1) is 0 Å². The number of hydrogen-bond acceptors (Lipinski definition) is 6. The van der Waals surface area contributed by atoms with Gasteiger partial charge in [-0.15, -0.1) is 0 Å². The summed E-state index contributed by atoms with van der Waals surface area (Å²) in [5, 5.41) is -0.0141. The zero-order valence-corrected chi connectivity index (χ0v) is 22.2. The number of ether oxygens (including phenoxy) is 1. The SMILES string of the molecule is C=C1O[C@@H](n2ccc(N)nc2=O)[C@H](O[Si](C)(C)C(C)(C)C)[C@@H]1O[Si](C)(C)C(C)(C)C. The van der Waals surface area contributed by atoms with Crippen LogP contribution in [0.2, 0.25) is 36.3 Å². The molecule has 30 heavy (non-hydrogen) atoms. The number of anilines is 1. The lowest BCUT2D eigenvalue weighted by molar-refractivity contribution is -0.00637. The molecule has 1 fully saturated rings. The lowest BCUT2D eigenvalue weighted by Crippen LogP contribution is -2.52. The standard InChI is InChI=1S/C21H39N3O4Si2/c1-14-16(27-29(8,9)20(2,3)4)17(28-30(10,11)21(5,6)7)18(26-14)24-13-12-15(22)23-19(24)25/h12-13,16-18H,1H2,2-11H3,(H2,22,23,25)/t16-,17-,18-/m1/s1. The van der Waals surface area contributed by atoms with Crippen LogP contribution in [-0.4, -0.2) is 38.4 Å². The molecule has 2 N–H and O–H groups in total. The van der Waals surface area contributed by atoms with Crippen LogP contribution in [-0.2, 0) is 13.6 Å². The molecule has 0 bridgehead atoms. The summed E-state index contributed by atoms with van der Waals surface area (Å²) in [4.78, 5) is 16.4. The summed E-state index contributed by atoms with van der Waals surface area (Å²) >= 11 is 0. The summed E-state index contributed by atoms with van der Waals surface area (Å²) in [5.41, 5.74) is 5.20. The highest BCUT2D eigenvalue weighted by atomic mass is 28.4. The Morgan fingerprint density at radius 3 is 2.03 bits per heavy atom. The van der Waals surface area contributed by atoms with Gasteiger partial charge in [-0.25, -0.2) is 4.79 Å². The van der Waals surface area contributed by atoms with Crippen molar-refractivity contribution in [1.82, 2.24) is 9.55 Å². The third-order valence-electron chi connectivity index (χ3n) is 6.76. The van der Waals surface area contributed by atoms with E-state index in [1.807, 2.05) is 0 Å². The Morgan fingerprint density at radius 2 is 1.57 bits per heavy atom. The van der Waals surface area contributed by atoms with E-state index in [1.54, 1.807) is 12.3 Å². The first-order valence-electron chi connectivity index (χ1n) is 10.4. The fourth-order valence-electron chi connectivity index (χ4n) is 2.72. The van der Waals surface area contributed by atoms with Gasteiger partial charge in [0.15, 0.2) is 16.6 Å². The maximum atomic E-state index is 12.6. The molecule has 1 aliphatic rings. The van der Waals surface area contributed by atoms with E-state index in [-0.39, 0.29) is 15.9 Å². The van der Waals surface area contributed by atoms with Crippen molar-refractivity contribution in [2.45, 2.75) is 96.2 Å². The topological polar surface area (TPSA) is 88.6 Å². The summed E-state index contributed by atoms with van der Waals surface area (Å²) in [5.74, 6) is 0.654. The molecule has 2 rings (SSSR count). The number of nitrogen functional groups attached to an aromatic ring is 1. The average Bonchev–Trinajstić information content (AvgIpc) is 2.81. The van der Waals surface area contributed by atoms with E-state index < -0.39 is 40.8 Å². The Hall–Kier alpha value is -1.43. The molecule has 0 aromatic carbocycles. The van der Waals surface area contributed by atoms with E-state index in [9.17, 15) is 4.79 Å². The zero-order chi connectivity index (χ0) is 23.3. The Balaban J connectivity index is 2.52. The normalized spacial score (nSPS) is 23.5. The molecule has 0 radical (unpaired) electrons. The van der Waals surface area contributed by atoms with Crippen molar-refractivity contribution in [3.63, 3.8) is 0 Å². The molecule has 0 aliphatic carbocycles. The third-order valence-corrected chi connectivity index (χ3v) is 15.7. The Kier molecular flexibility index (Phi) is 6.56. The number of nitrogens with zero attached hydrogens (tertiary/aromatic N) is 2. The lowest BCUT2D eigenvalue weighted by Gasteiger charge is -2.43. The molecule has 1 aromatic rings. The maximum Gasteiger partial charge on any atom is 0.352 e. The molecule has 7 nitrogen and oxygen atoms in total. The molecular weight excluding hydrogens is 414 g/mol. The smallest absolute Gasteiger partial charge is 0.352 e. The zero-order valence-electron chi connectivity index (χ0n) is 20.2.